The van der Waals surface area contributed by atoms with Crippen molar-refractivity contribution in [1.29, 1.82) is 0 Å². The molecule has 0 bridgehead atoms. The van der Waals surface area contributed by atoms with Crippen LogP contribution in [0.2, 0.25) is 0 Å². The Labute approximate surface area is 183 Å². The van der Waals surface area contributed by atoms with Crippen molar-refractivity contribution >= 4 is 46.6 Å². The summed E-state index contributed by atoms with van der Waals surface area (Å²) in [6.45, 7) is 3.85. The Kier molecular flexibility index (Phi) is 5.43. The quantitative estimate of drug-likeness (QED) is 0.282. The van der Waals surface area contributed by atoms with Crippen LogP contribution in [0.25, 0.3) is 0 Å². The summed E-state index contributed by atoms with van der Waals surface area (Å²) in [5.41, 5.74) is -0.441. The normalized spacial score (nSPS) is 25.8. The molecular weight excluding hydrogens is 422 g/mol. The smallest absolute Gasteiger partial charge is 0.269 e. The molecule has 4 rings (SSSR count). The number of Topliss-reactive ketones (excluding diaryl/α,β-unsaturated/α-hetero) is 3. The van der Waals surface area contributed by atoms with Gasteiger partial charge in [0.25, 0.3) is 5.69 Å². The number of ketones is 3. The van der Waals surface area contributed by atoms with Gasteiger partial charge in [0.2, 0.25) is 0 Å². The van der Waals surface area contributed by atoms with E-state index in [0.29, 0.717) is 24.0 Å². The number of benzene rings is 1. The highest BCUT2D eigenvalue weighted by molar-refractivity contribution is 8.25. The number of hydrogen-bond acceptors (Lipinski definition) is 7. The van der Waals surface area contributed by atoms with E-state index < -0.39 is 21.7 Å². The molecule has 1 saturated heterocycles. The number of hydrogen-bond donors (Lipinski definition) is 0. The summed E-state index contributed by atoms with van der Waals surface area (Å²) in [6, 6.07) is 5.95. The van der Waals surface area contributed by atoms with E-state index in [1.807, 2.05) is 13.8 Å². The standard InChI is InChI=1S/C22H23NO5S2/c1-21(2)11-18(25)22(19(26)12-21)10-15(20-29-7-8-30-20)17(24)9-16(22)13-3-5-14(6-4-13)23(27)28/h3-6,16H,7-12H2,1-2H3. The van der Waals surface area contributed by atoms with Gasteiger partial charge >= 0.3 is 0 Å². The molecule has 3 aliphatic rings. The second kappa shape index (κ2) is 7.64. The van der Waals surface area contributed by atoms with Gasteiger partial charge in [-0.3, -0.25) is 24.5 Å². The third kappa shape index (κ3) is 3.54. The highest BCUT2D eigenvalue weighted by Gasteiger charge is 2.59. The summed E-state index contributed by atoms with van der Waals surface area (Å²) < 4.78 is 0.951. The molecule has 1 heterocycles. The molecule has 30 heavy (non-hydrogen) atoms. The maximum atomic E-state index is 13.5. The maximum Gasteiger partial charge on any atom is 0.269 e. The monoisotopic (exact) mass is 445 g/mol. The van der Waals surface area contributed by atoms with E-state index in [4.69, 9.17) is 0 Å². The van der Waals surface area contributed by atoms with Crippen molar-refractivity contribution in [3.63, 3.8) is 0 Å². The summed E-state index contributed by atoms with van der Waals surface area (Å²) in [5.74, 6) is 1.03. The fourth-order valence-electron chi connectivity index (χ4n) is 4.87. The molecule has 0 amide bonds. The lowest BCUT2D eigenvalue weighted by molar-refractivity contribution is -0.384. The Balaban J connectivity index is 1.82. The molecule has 1 spiro atoms. The Morgan fingerprint density at radius 2 is 1.53 bits per heavy atom. The van der Waals surface area contributed by atoms with Gasteiger partial charge < -0.3 is 0 Å². The molecule has 1 aromatic carbocycles. The Hall–Kier alpha value is -1.93. The summed E-state index contributed by atoms with van der Waals surface area (Å²) in [5, 5.41) is 11.0. The third-order valence-electron chi connectivity index (χ3n) is 6.35. The average Bonchev–Trinajstić information content (AvgIpc) is 3.20. The van der Waals surface area contributed by atoms with Crippen LogP contribution in [0.5, 0.6) is 0 Å². The van der Waals surface area contributed by atoms with E-state index in [1.54, 1.807) is 35.7 Å². The van der Waals surface area contributed by atoms with E-state index in [1.165, 1.54) is 12.1 Å². The molecule has 0 aromatic heterocycles. The number of nitro benzene ring substituents is 1. The van der Waals surface area contributed by atoms with Crippen LogP contribution >= 0.6 is 23.5 Å². The van der Waals surface area contributed by atoms with Crippen molar-refractivity contribution in [2.45, 2.75) is 45.4 Å². The SMILES string of the molecule is CC1(C)CC(=O)C2(CC(=C3SCCS3)C(=O)CC2c2ccc([N+](=O)[O-])cc2)C(=O)C1. The first-order chi connectivity index (χ1) is 14.1. The summed E-state index contributed by atoms with van der Waals surface area (Å²) in [6.07, 6.45) is 0.810. The number of nitrogens with zero attached hydrogens (tertiary/aromatic N) is 1. The molecule has 8 heteroatoms. The number of non-ortho nitro benzene ring substituents is 1. The second-order valence-corrected chi connectivity index (χ2v) is 11.5. The number of carbonyl (C=O) groups is 3. The molecule has 158 valence electrons. The largest absolute Gasteiger partial charge is 0.299 e. The third-order valence-corrected chi connectivity index (χ3v) is 9.15. The molecule has 0 N–H and O–H groups in total. The molecule has 2 saturated carbocycles. The number of nitro groups is 1. The van der Waals surface area contributed by atoms with Crippen LogP contribution in [0, 0.1) is 20.9 Å². The number of allylic oxidation sites excluding steroid dienone is 1. The number of carbonyl (C=O) groups excluding carboxylic acids is 3. The Morgan fingerprint density at radius 3 is 2.07 bits per heavy atom. The van der Waals surface area contributed by atoms with Crippen molar-refractivity contribution in [2.24, 2.45) is 10.8 Å². The van der Waals surface area contributed by atoms with Crippen LogP contribution in [0.4, 0.5) is 5.69 Å². The first-order valence-electron chi connectivity index (χ1n) is 9.97. The number of thioether (sulfide) groups is 2. The molecule has 1 aliphatic heterocycles. The van der Waals surface area contributed by atoms with E-state index in [0.717, 1.165) is 15.7 Å². The minimum absolute atomic E-state index is 0.0219. The lowest BCUT2D eigenvalue weighted by Gasteiger charge is -2.48. The van der Waals surface area contributed by atoms with Crippen molar-refractivity contribution in [3.8, 4) is 0 Å². The molecule has 6 nitrogen and oxygen atoms in total. The van der Waals surface area contributed by atoms with Crippen LogP contribution in [0.15, 0.2) is 34.1 Å². The van der Waals surface area contributed by atoms with Gasteiger partial charge in [-0.2, -0.15) is 0 Å². The Bertz CT molecular complexity index is 952. The van der Waals surface area contributed by atoms with Crippen molar-refractivity contribution < 1.29 is 19.3 Å². The van der Waals surface area contributed by atoms with E-state index in [9.17, 15) is 24.5 Å². The van der Waals surface area contributed by atoms with Crippen molar-refractivity contribution in [2.75, 3.05) is 11.5 Å². The molecule has 0 radical (unpaired) electrons. The van der Waals surface area contributed by atoms with Gasteiger partial charge in [-0.25, -0.2) is 0 Å². The van der Waals surface area contributed by atoms with Gasteiger partial charge in [0, 0.05) is 58.6 Å². The van der Waals surface area contributed by atoms with Crippen LogP contribution in [-0.2, 0) is 14.4 Å². The molecule has 2 aliphatic carbocycles. The zero-order valence-electron chi connectivity index (χ0n) is 16.9. The first kappa shape index (κ1) is 21.3. The van der Waals surface area contributed by atoms with Gasteiger partial charge in [-0.1, -0.05) is 26.0 Å². The topological polar surface area (TPSA) is 94.3 Å². The Morgan fingerprint density at radius 1 is 0.967 bits per heavy atom. The van der Waals surface area contributed by atoms with Crippen LogP contribution in [0.1, 0.15) is 51.0 Å². The highest BCUT2D eigenvalue weighted by Crippen LogP contribution is 2.57. The minimum Gasteiger partial charge on any atom is -0.299 e. The van der Waals surface area contributed by atoms with E-state index in [-0.39, 0.29) is 35.9 Å². The molecule has 1 atom stereocenters. The van der Waals surface area contributed by atoms with Crippen LogP contribution < -0.4 is 0 Å². The lowest BCUT2D eigenvalue weighted by atomic mass is 9.52. The summed E-state index contributed by atoms with van der Waals surface area (Å²) >= 11 is 3.26. The van der Waals surface area contributed by atoms with E-state index >= 15 is 0 Å². The highest BCUT2D eigenvalue weighted by atomic mass is 32.2. The molecule has 1 unspecified atom stereocenters. The predicted octanol–water partition coefficient (Wildman–Crippen LogP) is 4.68. The summed E-state index contributed by atoms with van der Waals surface area (Å²) in [7, 11) is 0. The van der Waals surface area contributed by atoms with Gasteiger partial charge in [0.05, 0.1) is 10.3 Å². The zero-order chi connectivity index (χ0) is 21.7. The molecule has 1 aromatic rings. The first-order valence-corrected chi connectivity index (χ1v) is 11.9. The fraction of sp³-hybridized carbons (Fsp3) is 0.500. The molecular formula is C22H23NO5S2. The fourth-order valence-corrected chi connectivity index (χ4v) is 7.46. The lowest BCUT2D eigenvalue weighted by Crippen LogP contribution is -2.54. The zero-order valence-corrected chi connectivity index (χ0v) is 18.6. The minimum atomic E-state index is -1.26. The molecule has 3 fully saturated rings. The van der Waals surface area contributed by atoms with E-state index in [2.05, 4.69) is 0 Å². The number of rotatable bonds is 2. The van der Waals surface area contributed by atoms with Gasteiger partial charge in [-0.15, -0.1) is 23.5 Å². The van der Waals surface area contributed by atoms with Crippen LogP contribution in [0.3, 0.4) is 0 Å². The van der Waals surface area contributed by atoms with Gasteiger partial charge in [-0.05, 0) is 17.4 Å². The van der Waals surface area contributed by atoms with Gasteiger partial charge in [0.1, 0.15) is 11.6 Å². The maximum absolute atomic E-state index is 13.5. The average molecular weight is 446 g/mol. The predicted molar refractivity (Wildman–Crippen MR) is 117 cm³/mol. The van der Waals surface area contributed by atoms with Crippen molar-refractivity contribution in [1.82, 2.24) is 0 Å². The van der Waals surface area contributed by atoms with Crippen LogP contribution in [-0.4, -0.2) is 33.8 Å². The summed E-state index contributed by atoms with van der Waals surface area (Å²) in [4.78, 5) is 50.7. The van der Waals surface area contributed by atoms with Gasteiger partial charge in [0.15, 0.2) is 5.78 Å². The second-order valence-electron chi connectivity index (χ2n) is 9.00. The van der Waals surface area contributed by atoms with Crippen molar-refractivity contribution in [3.05, 3.63) is 49.8 Å².